The standard InChI is InChI=1S/C14H10NOS/c1-16-14-13(9-15-17-14)12-8-4-6-10-5-2-3-7-11(10)12/h2-8H,1H3. The molecule has 17 heavy (non-hydrogen) atoms. The van der Waals surface area contributed by atoms with Crippen molar-refractivity contribution in [3.63, 3.8) is 0 Å². The first-order chi connectivity index (χ1) is 8.40. The van der Waals surface area contributed by atoms with Gasteiger partial charge in [0.25, 0.3) is 0 Å². The van der Waals surface area contributed by atoms with Crippen molar-refractivity contribution in [2.24, 2.45) is 0 Å². The van der Waals surface area contributed by atoms with Crippen LogP contribution in [0.4, 0.5) is 0 Å². The van der Waals surface area contributed by atoms with Crippen molar-refractivity contribution in [2.75, 3.05) is 7.11 Å². The Kier molecular flexibility index (Phi) is 2.53. The minimum atomic E-state index is 0.807. The van der Waals surface area contributed by atoms with Crippen LogP contribution >= 0.6 is 11.5 Å². The van der Waals surface area contributed by atoms with E-state index in [9.17, 15) is 0 Å². The molecule has 1 aromatic heterocycles. The van der Waals surface area contributed by atoms with E-state index in [-0.39, 0.29) is 0 Å². The molecular weight excluding hydrogens is 230 g/mol. The van der Waals surface area contributed by atoms with Gasteiger partial charge in [-0.05, 0) is 16.3 Å². The highest BCUT2D eigenvalue weighted by Gasteiger charge is 2.11. The zero-order valence-corrected chi connectivity index (χ0v) is 10.1. The second-order valence-electron chi connectivity index (χ2n) is 3.69. The Morgan fingerprint density at radius 2 is 1.94 bits per heavy atom. The van der Waals surface area contributed by atoms with Gasteiger partial charge in [-0.3, -0.25) is 0 Å². The summed E-state index contributed by atoms with van der Waals surface area (Å²) in [5, 5.41) is 3.22. The molecule has 0 N–H and O–H groups in total. The van der Waals surface area contributed by atoms with Gasteiger partial charge in [0.2, 0.25) is 5.06 Å². The number of hydrogen-bond acceptors (Lipinski definition) is 3. The van der Waals surface area contributed by atoms with Gasteiger partial charge in [-0.2, -0.15) is 4.37 Å². The van der Waals surface area contributed by atoms with Gasteiger partial charge < -0.3 is 4.74 Å². The molecule has 3 aromatic rings. The summed E-state index contributed by atoms with van der Waals surface area (Å²) < 4.78 is 9.38. The molecule has 1 radical (unpaired) electrons. The number of benzene rings is 2. The third-order valence-corrected chi connectivity index (χ3v) is 3.45. The van der Waals surface area contributed by atoms with Crippen molar-refractivity contribution in [3.8, 4) is 16.2 Å². The molecule has 3 rings (SSSR count). The molecular formula is C14H10NOS. The van der Waals surface area contributed by atoms with Gasteiger partial charge in [0.05, 0.1) is 12.7 Å². The molecule has 2 nitrogen and oxygen atoms in total. The molecule has 3 heteroatoms. The quantitative estimate of drug-likeness (QED) is 0.680. The SMILES string of the molecule is COc1sn[c]c1-c1cccc2ccccc12. The topological polar surface area (TPSA) is 22.1 Å². The summed E-state index contributed by atoms with van der Waals surface area (Å²) in [6, 6.07) is 14.5. The highest BCUT2D eigenvalue weighted by Crippen LogP contribution is 2.36. The zero-order chi connectivity index (χ0) is 11.7. The predicted octanol–water partition coefficient (Wildman–Crippen LogP) is 3.77. The van der Waals surface area contributed by atoms with E-state index in [1.807, 2.05) is 18.2 Å². The summed E-state index contributed by atoms with van der Waals surface area (Å²) in [6.07, 6.45) is 3.01. The van der Waals surface area contributed by atoms with E-state index < -0.39 is 0 Å². The number of methoxy groups -OCH3 is 1. The Morgan fingerprint density at radius 3 is 2.82 bits per heavy atom. The highest BCUT2D eigenvalue weighted by molar-refractivity contribution is 7.08. The molecule has 0 saturated heterocycles. The van der Waals surface area contributed by atoms with Gasteiger partial charge in [0, 0.05) is 11.5 Å². The first kappa shape index (κ1) is 10.3. The maximum atomic E-state index is 5.31. The summed E-state index contributed by atoms with van der Waals surface area (Å²) >= 11 is 1.33. The van der Waals surface area contributed by atoms with Gasteiger partial charge in [-0.1, -0.05) is 42.5 Å². The molecule has 0 aliphatic carbocycles. The van der Waals surface area contributed by atoms with Crippen LogP contribution in [0.25, 0.3) is 21.9 Å². The van der Waals surface area contributed by atoms with E-state index in [0.717, 1.165) is 16.2 Å². The molecule has 0 bridgehead atoms. The van der Waals surface area contributed by atoms with E-state index in [2.05, 4.69) is 34.8 Å². The Labute approximate surface area is 104 Å². The molecule has 1 heterocycles. The van der Waals surface area contributed by atoms with Crippen molar-refractivity contribution in [1.29, 1.82) is 0 Å². The maximum Gasteiger partial charge on any atom is 0.201 e. The number of aromatic nitrogens is 1. The highest BCUT2D eigenvalue weighted by atomic mass is 32.1. The smallest absolute Gasteiger partial charge is 0.201 e. The van der Waals surface area contributed by atoms with Crippen LogP contribution in [-0.4, -0.2) is 11.5 Å². The van der Waals surface area contributed by atoms with Crippen LogP contribution < -0.4 is 4.74 Å². The lowest BCUT2D eigenvalue weighted by molar-refractivity contribution is 0.428. The van der Waals surface area contributed by atoms with Crippen LogP contribution in [0.15, 0.2) is 42.5 Å². The normalized spacial score (nSPS) is 10.6. The van der Waals surface area contributed by atoms with Crippen LogP contribution in [0.1, 0.15) is 0 Å². The monoisotopic (exact) mass is 240 g/mol. The second kappa shape index (κ2) is 4.18. The largest absolute Gasteiger partial charge is 0.486 e. The molecule has 0 atom stereocenters. The molecule has 0 saturated carbocycles. The molecule has 83 valence electrons. The third kappa shape index (κ3) is 1.68. The van der Waals surface area contributed by atoms with Crippen molar-refractivity contribution in [3.05, 3.63) is 48.7 Å². The molecule has 0 amide bonds. The maximum absolute atomic E-state index is 5.31. The first-order valence-corrected chi connectivity index (χ1v) is 6.07. The number of fused-ring (bicyclic) bond motifs is 1. The van der Waals surface area contributed by atoms with Gasteiger partial charge in [-0.15, -0.1) is 0 Å². The van der Waals surface area contributed by atoms with E-state index in [0.29, 0.717) is 0 Å². The van der Waals surface area contributed by atoms with Crippen LogP contribution in [0.2, 0.25) is 0 Å². The summed E-state index contributed by atoms with van der Waals surface area (Å²) in [7, 11) is 1.66. The van der Waals surface area contributed by atoms with E-state index in [4.69, 9.17) is 4.74 Å². The van der Waals surface area contributed by atoms with Gasteiger partial charge in [0.15, 0.2) is 0 Å². The minimum Gasteiger partial charge on any atom is -0.486 e. The lowest BCUT2D eigenvalue weighted by Crippen LogP contribution is -1.84. The lowest BCUT2D eigenvalue weighted by atomic mass is 10.0. The summed E-state index contributed by atoms with van der Waals surface area (Å²) in [5.74, 6) is 0. The molecule has 0 fully saturated rings. The van der Waals surface area contributed by atoms with Crippen molar-refractivity contribution < 1.29 is 4.74 Å². The number of ether oxygens (including phenoxy) is 1. The fraction of sp³-hybridized carbons (Fsp3) is 0.0714. The number of hydrogen-bond donors (Lipinski definition) is 0. The minimum absolute atomic E-state index is 0.807. The van der Waals surface area contributed by atoms with Gasteiger partial charge >= 0.3 is 0 Å². The summed E-state index contributed by atoms with van der Waals surface area (Å²) in [4.78, 5) is 0. The van der Waals surface area contributed by atoms with Crippen LogP contribution in [0.3, 0.4) is 0 Å². The Morgan fingerprint density at radius 1 is 1.12 bits per heavy atom. The van der Waals surface area contributed by atoms with Crippen molar-refractivity contribution >= 4 is 22.3 Å². The van der Waals surface area contributed by atoms with E-state index in [1.165, 1.54) is 22.3 Å². The first-order valence-electron chi connectivity index (χ1n) is 5.29. The van der Waals surface area contributed by atoms with Gasteiger partial charge in [0.1, 0.15) is 6.20 Å². The lowest BCUT2D eigenvalue weighted by Gasteiger charge is -2.05. The van der Waals surface area contributed by atoms with Crippen LogP contribution in [0.5, 0.6) is 5.06 Å². The molecule has 2 aromatic carbocycles. The fourth-order valence-corrected chi connectivity index (χ4v) is 2.50. The molecule has 0 aliphatic rings. The Bertz CT molecular complexity index is 655. The average molecular weight is 240 g/mol. The van der Waals surface area contributed by atoms with Crippen molar-refractivity contribution in [1.82, 2.24) is 4.37 Å². The van der Waals surface area contributed by atoms with Gasteiger partial charge in [-0.25, -0.2) is 0 Å². The van der Waals surface area contributed by atoms with E-state index in [1.54, 1.807) is 7.11 Å². The predicted molar refractivity (Wildman–Crippen MR) is 70.4 cm³/mol. The molecule has 0 aliphatic heterocycles. The number of rotatable bonds is 2. The third-order valence-electron chi connectivity index (χ3n) is 2.73. The zero-order valence-electron chi connectivity index (χ0n) is 9.31. The average Bonchev–Trinajstić information content (AvgIpc) is 2.86. The van der Waals surface area contributed by atoms with Crippen molar-refractivity contribution in [2.45, 2.75) is 0 Å². The molecule has 0 spiro atoms. The van der Waals surface area contributed by atoms with E-state index >= 15 is 0 Å². The summed E-state index contributed by atoms with van der Waals surface area (Å²) in [5.41, 5.74) is 2.06. The van der Waals surface area contributed by atoms with Crippen LogP contribution in [0, 0.1) is 6.20 Å². The Hall–Kier alpha value is -1.87. The molecule has 0 unspecified atom stereocenters. The second-order valence-corrected chi connectivity index (χ2v) is 4.42. The Balaban J connectivity index is 2.31. The number of nitrogens with zero attached hydrogens (tertiary/aromatic N) is 1. The summed E-state index contributed by atoms with van der Waals surface area (Å²) in [6.45, 7) is 0. The fourth-order valence-electron chi connectivity index (χ4n) is 1.95. The van der Waals surface area contributed by atoms with Crippen LogP contribution in [-0.2, 0) is 0 Å².